The number of hydrogen-bond donors (Lipinski definition) is 1. The van der Waals surface area contributed by atoms with Crippen LogP contribution in [0.5, 0.6) is 0 Å². The third-order valence-corrected chi connectivity index (χ3v) is 8.59. The first-order valence-electron chi connectivity index (χ1n) is 9.60. The van der Waals surface area contributed by atoms with Crippen LogP contribution in [0.1, 0.15) is 22.6 Å². The van der Waals surface area contributed by atoms with Crippen molar-refractivity contribution in [2.45, 2.75) is 36.1 Å². The van der Waals surface area contributed by atoms with Crippen molar-refractivity contribution in [3.8, 4) is 0 Å². The molecule has 1 saturated heterocycles. The number of carbonyl (C=O) groups excluding carboxylic acids is 2. The Labute approximate surface area is 191 Å². The summed E-state index contributed by atoms with van der Waals surface area (Å²) in [4.78, 5) is 42.5. The van der Waals surface area contributed by atoms with Crippen molar-refractivity contribution < 1.29 is 24.2 Å². The summed E-state index contributed by atoms with van der Waals surface area (Å²) in [5, 5.41) is 9.54. The van der Waals surface area contributed by atoms with Crippen molar-refractivity contribution in [1.82, 2.24) is 9.88 Å². The minimum atomic E-state index is -1.06. The maximum absolute atomic E-state index is 12.2. The molecule has 3 heterocycles. The molecule has 0 bridgehead atoms. The number of amides is 1. The Morgan fingerprint density at radius 2 is 2.10 bits per heavy atom. The number of rotatable bonds is 8. The predicted octanol–water partition coefficient (Wildman–Crippen LogP) is 3.47. The van der Waals surface area contributed by atoms with E-state index in [2.05, 4.69) is 4.98 Å². The fourth-order valence-electron chi connectivity index (χ4n) is 3.29. The molecule has 2 aliphatic rings. The van der Waals surface area contributed by atoms with Gasteiger partial charge in [-0.3, -0.25) is 14.5 Å². The summed E-state index contributed by atoms with van der Waals surface area (Å²) in [6.45, 7) is 2.08. The number of esters is 1. The van der Waals surface area contributed by atoms with E-state index in [1.807, 2.05) is 37.3 Å². The molecular formula is C21H20N2O5S3. The number of ether oxygens (including phenoxy) is 1. The van der Waals surface area contributed by atoms with Crippen LogP contribution in [0.25, 0.3) is 0 Å². The molecule has 1 aromatic carbocycles. The number of fused-ring (bicyclic) bond motifs is 1. The number of nitrogens with zero attached hydrogens (tertiary/aromatic N) is 2. The van der Waals surface area contributed by atoms with Crippen molar-refractivity contribution in [1.29, 1.82) is 0 Å². The van der Waals surface area contributed by atoms with Crippen molar-refractivity contribution in [2.24, 2.45) is 0 Å². The van der Waals surface area contributed by atoms with Crippen molar-refractivity contribution >= 4 is 52.7 Å². The summed E-state index contributed by atoms with van der Waals surface area (Å²) in [6, 6.07) is 9.51. The Balaban J connectivity index is 1.36. The van der Waals surface area contributed by atoms with Gasteiger partial charge in [0.1, 0.15) is 12.3 Å². The average Bonchev–Trinajstić information content (AvgIpc) is 3.09. The van der Waals surface area contributed by atoms with Gasteiger partial charge in [0.15, 0.2) is 4.34 Å². The zero-order valence-electron chi connectivity index (χ0n) is 16.7. The number of hydrogen-bond acceptors (Lipinski definition) is 8. The zero-order chi connectivity index (χ0) is 22.0. The molecular weight excluding hydrogens is 456 g/mol. The van der Waals surface area contributed by atoms with Crippen molar-refractivity contribution in [3.05, 3.63) is 57.7 Å². The van der Waals surface area contributed by atoms with Gasteiger partial charge in [-0.2, -0.15) is 0 Å². The van der Waals surface area contributed by atoms with Crippen LogP contribution in [0.4, 0.5) is 0 Å². The first kappa shape index (κ1) is 21.9. The van der Waals surface area contributed by atoms with Gasteiger partial charge in [0.2, 0.25) is 5.91 Å². The number of carboxylic acids is 1. The third-order valence-electron chi connectivity index (χ3n) is 4.92. The molecule has 1 aromatic heterocycles. The summed E-state index contributed by atoms with van der Waals surface area (Å²) >= 11 is 4.44. The zero-order valence-corrected chi connectivity index (χ0v) is 19.1. The fraction of sp³-hybridized carbons (Fsp3) is 0.333. The smallest absolute Gasteiger partial charge is 0.352 e. The van der Waals surface area contributed by atoms with E-state index < -0.39 is 5.97 Å². The third kappa shape index (κ3) is 4.97. The summed E-state index contributed by atoms with van der Waals surface area (Å²) in [7, 11) is 0. The van der Waals surface area contributed by atoms with Crippen molar-refractivity contribution in [3.63, 3.8) is 0 Å². The summed E-state index contributed by atoms with van der Waals surface area (Å²) in [6.07, 6.45) is 0.553. The fourth-order valence-corrected chi connectivity index (χ4v) is 6.91. The minimum absolute atomic E-state index is 0.0528. The maximum atomic E-state index is 12.2. The lowest BCUT2D eigenvalue weighted by molar-refractivity contribution is -0.146. The van der Waals surface area contributed by atoms with Gasteiger partial charge in [-0.15, -0.1) is 23.1 Å². The van der Waals surface area contributed by atoms with Crippen LogP contribution in [0, 0.1) is 6.92 Å². The van der Waals surface area contributed by atoms with Crippen molar-refractivity contribution in [2.75, 3.05) is 11.5 Å². The number of thiazole rings is 1. The topological polar surface area (TPSA) is 96.8 Å². The first-order chi connectivity index (χ1) is 14.9. The summed E-state index contributed by atoms with van der Waals surface area (Å²) in [5.41, 5.74) is 2.55. The van der Waals surface area contributed by atoms with E-state index in [4.69, 9.17) is 4.74 Å². The highest BCUT2D eigenvalue weighted by Crippen LogP contribution is 2.41. The molecule has 0 spiro atoms. The number of benzene rings is 1. The Morgan fingerprint density at radius 1 is 1.32 bits per heavy atom. The maximum Gasteiger partial charge on any atom is 0.352 e. The van der Waals surface area contributed by atoms with E-state index in [9.17, 15) is 19.5 Å². The second-order valence-corrected chi connectivity index (χ2v) is 10.6. The highest BCUT2D eigenvalue weighted by molar-refractivity contribution is 8.01. The molecule has 0 radical (unpaired) electrons. The van der Waals surface area contributed by atoms with E-state index in [1.165, 1.54) is 28.0 Å². The highest BCUT2D eigenvalue weighted by atomic mass is 32.2. The lowest BCUT2D eigenvalue weighted by Gasteiger charge is -2.43. The minimum Gasteiger partial charge on any atom is -0.477 e. The van der Waals surface area contributed by atoms with Crippen LogP contribution >= 0.6 is 34.9 Å². The number of carboxylic acid groups (broad SMARTS) is 1. The normalized spacial score (nSPS) is 17.9. The van der Waals surface area contributed by atoms with Gasteiger partial charge < -0.3 is 9.84 Å². The van der Waals surface area contributed by atoms with E-state index in [-0.39, 0.29) is 36.0 Å². The largest absolute Gasteiger partial charge is 0.477 e. The number of thioether (sulfide) groups is 2. The van der Waals surface area contributed by atoms with Gasteiger partial charge in [-0.05, 0) is 18.1 Å². The average molecular weight is 477 g/mol. The number of carbonyl (C=O) groups is 3. The van der Waals surface area contributed by atoms with Gasteiger partial charge in [0.25, 0.3) is 0 Å². The quantitative estimate of drug-likeness (QED) is 0.351. The van der Waals surface area contributed by atoms with Crippen LogP contribution < -0.4 is 0 Å². The number of aromatic nitrogens is 1. The highest BCUT2D eigenvalue weighted by Gasteiger charge is 2.45. The Kier molecular flexibility index (Phi) is 6.68. The number of aliphatic carboxylic acids is 1. The summed E-state index contributed by atoms with van der Waals surface area (Å²) in [5.74, 6) is -0.485. The van der Waals surface area contributed by atoms with E-state index in [1.54, 1.807) is 11.8 Å². The first-order valence-corrected chi connectivity index (χ1v) is 12.4. The van der Waals surface area contributed by atoms with Crippen LogP contribution in [0.3, 0.4) is 0 Å². The van der Waals surface area contributed by atoms with E-state index in [0.717, 1.165) is 26.0 Å². The second kappa shape index (κ2) is 9.46. The van der Waals surface area contributed by atoms with Crippen LogP contribution in [0.2, 0.25) is 0 Å². The Morgan fingerprint density at radius 3 is 2.81 bits per heavy atom. The van der Waals surface area contributed by atoms with Gasteiger partial charge in [0, 0.05) is 16.4 Å². The van der Waals surface area contributed by atoms with Gasteiger partial charge in [-0.1, -0.05) is 42.1 Å². The molecule has 0 aliphatic carbocycles. The monoisotopic (exact) mass is 476 g/mol. The van der Waals surface area contributed by atoms with Crippen LogP contribution in [-0.4, -0.2) is 49.7 Å². The van der Waals surface area contributed by atoms with Crippen LogP contribution in [0.15, 0.2) is 45.9 Å². The van der Waals surface area contributed by atoms with Gasteiger partial charge in [-0.25, -0.2) is 9.78 Å². The number of aryl methyl sites for hydroxylation is 1. The van der Waals surface area contributed by atoms with E-state index >= 15 is 0 Å². The lowest BCUT2D eigenvalue weighted by Crippen LogP contribution is -2.54. The molecule has 162 valence electrons. The molecule has 0 unspecified atom stereocenters. The predicted molar refractivity (Wildman–Crippen MR) is 120 cm³/mol. The molecule has 31 heavy (non-hydrogen) atoms. The second-order valence-electron chi connectivity index (χ2n) is 7.09. The lowest BCUT2D eigenvalue weighted by atomic mass is 10.1. The molecule has 2 aromatic rings. The molecule has 1 fully saturated rings. The molecule has 1 amide bonds. The molecule has 1 atom stereocenters. The summed E-state index contributed by atoms with van der Waals surface area (Å²) < 4.78 is 6.12. The standard InChI is InChI=1S/C21H20N2O5S3/c1-12-15(7-18(25)28-9-13-5-3-2-4-6-13)31-21(22-12)30-11-14-10-29-17-8-16(24)23(17)19(14)20(26)27/h2-6,17H,7-11H2,1H3,(H,26,27)/t17-/m1/s1. The molecule has 2 aliphatic heterocycles. The number of β-lactam (4-membered cyclic amide) rings is 1. The van der Waals surface area contributed by atoms with Gasteiger partial charge in [0.05, 0.1) is 23.9 Å². The molecule has 1 N–H and O–H groups in total. The van der Waals surface area contributed by atoms with Crippen LogP contribution in [-0.2, 0) is 32.1 Å². The molecule has 4 rings (SSSR count). The SMILES string of the molecule is Cc1nc(SCC2=C(C(=O)O)N3C(=O)C[C@H]3SC2)sc1CC(=O)OCc1ccccc1. The van der Waals surface area contributed by atoms with E-state index in [0.29, 0.717) is 17.9 Å². The van der Waals surface area contributed by atoms with Gasteiger partial charge >= 0.3 is 11.9 Å². The molecule has 10 heteroatoms. The Bertz CT molecular complexity index is 1050. The Hall–Kier alpha value is -2.30. The molecule has 0 saturated carbocycles. The molecule has 7 nitrogen and oxygen atoms in total.